The highest BCUT2D eigenvalue weighted by molar-refractivity contribution is 4.56. The molecule has 0 unspecified atom stereocenters. The van der Waals surface area contributed by atoms with E-state index in [2.05, 4.69) is 5.32 Å². The topological polar surface area (TPSA) is 15.3 Å². The standard InChI is InChI=1S/C9H19F3N2/c1-13-6-4-8-14(2)7-3-5-9(10,11)12/h13H,3-8H2,1-2H3. The van der Waals surface area contributed by atoms with Crippen molar-refractivity contribution < 1.29 is 13.2 Å². The van der Waals surface area contributed by atoms with Gasteiger partial charge in [0.05, 0.1) is 0 Å². The SMILES string of the molecule is CNCCCN(C)CCCC(F)(F)F. The molecule has 0 atom stereocenters. The van der Waals surface area contributed by atoms with E-state index in [0.29, 0.717) is 6.54 Å². The summed E-state index contributed by atoms with van der Waals surface area (Å²) in [5.74, 6) is 0. The highest BCUT2D eigenvalue weighted by Gasteiger charge is 2.26. The summed E-state index contributed by atoms with van der Waals surface area (Å²) in [5, 5.41) is 3.00. The van der Waals surface area contributed by atoms with Gasteiger partial charge in [-0.1, -0.05) is 0 Å². The Bertz CT molecular complexity index is 137. The fourth-order valence-electron chi connectivity index (χ4n) is 1.19. The second-order valence-corrected chi connectivity index (χ2v) is 3.48. The molecule has 0 spiro atoms. The van der Waals surface area contributed by atoms with E-state index in [4.69, 9.17) is 0 Å². The van der Waals surface area contributed by atoms with E-state index in [1.165, 1.54) is 0 Å². The maximum Gasteiger partial charge on any atom is 0.389 e. The molecule has 0 rings (SSSR count). The van der Waals surface area contributed by atoms with Gasteiger partial charge < -0.3 is 10.2 Å². The number of rotatable bonds is 7. The number of alkyl halides is 3. The minimum absolute atomic E-state index is 0.194. The summed E-state index contributed by atoms with van der Waals surface area (Å²) in [6.07, 6.45) is -3.52. The molecule has 0 aromatic heterocycles. The van der Waals surface area contributed by atoms with Crippen molar-refractivity contribution >= 4 is 0 Å². The zero-order valence-electron chi connectivity index (χ0n) is 8.82. The molecule has 0 heterocycles. The predicted molar refractivity (Wildman–Crippen MR) is 51.3 cm³/mol. The zero-order valence-corrected chi connectivity index (χ0v) is 8.82. The van der Waals surface area contributed by atoms with Crippen LogP contribution in [0.25, 0.3) is 0 Å². The van der Waals surface area contributed by atoms with E-state index >= 15 is 0 Å². The lowest BCUT2D eigenvalue weighted by Gasteiger charge is -2.16. The van der Waals surface area contributed by atoms with Gasteiger partial charge in [0.15, 0.2) is 0 Å². The molecule has 0 aromatic carbocycles. The number of halogens is 3. The van der Waals surface area contributed by atoms with Crippen molar-refractivity contribution in [2.24, 2.45) is 0 Å². The first-order chi connectivity index (χ1) is 6.45. The number of nitrogens with zero attached hydrogens (tertiary/aromatic N) is 1. The summed E-state index contributed by atoms with van der Waals surface area (Å²) in [4.78, 5) is 1.93. The van der Waals surface area contributed by atoms with Crippen molar-refractivity contribution in [3.8, 4) is 0 Å². The highest BCUT2D eigenvalue weighted by atomic mass is 19.4. The van der Waals surface area contributed by atoms with Gasteiger partial charge in [0, 0.05) is 6.42 Å². The van der Waals surface area contributed by atoms with Gasteiger partial charge >= 0.3 is 6.18 Å². The maximum absolute atomic E-state index is 11.8. The van der Waals surface area contributed by atoms with Crippen molar-refractivity contribution in [2.75, 3.05) is 33.7 Å². The second-order valence-electron chi connectivity index (χ2n) is 3.48. The van der Waals surface area contributed by atoms with Crippen LogP contribution < -0.4 is 5.32 Å². The van der Waals surface area contributed by atoms with E-state index in [0.717, 1.165) is 19.5 Å². The minimum atomic E-state index is -4.01. The van der Waals surface area contributed by atoms with Gasteiger partial charge in [0.1, 0.15) is 0 Å². The summed E-state index contributed by atoms with van der Waals surface area (Å²) in [6.45, 7) is 2.27. The first-order valence-electron chi connectivity index (χ1n) is 4.85. The predicted octanol–water partition coefficient (Wildman–Crippen LogP) is 1.87. The lowest BCUT2D eigenvalue weighted by Crippen LogP contribution is -2.24. The summed E-state index contributed by atoms with van der Waals surface area (Å²) in [6, 6.07) is 0. The van der Waals surface area contributed by atoms with Crippen LogP contribution in [-0.4, -0.2) is 44.8 Å². The van der Waals surface area contributed by atoms with Gasteiger partial charge in [-0.05, 0) is 46.6 Å². The Morgan fingerprint density at radius 3 is 2.21 bits per heavy atom. The van der Waals surface area contributed by atoms with Crippen LogP contribution in [0.5, 0.6) is 0 Å². The maximum atomic E-state index is 11.8. The molecule has 1 N–H and O–H groups in total. The Hall–Kier alpha value is -0.290. The quantitative estimate of drug-likeness (QED) is 0.648. The Morgan fingerprint density at radius 2 is 1.71 bits per heavy atom. The fourth-order valence-corrected chi connectivity index (χ4v) is 1.19. The fraction of sp³-hybridized carbons (Fsp3) is 1.00. The summed E-state index contributed by atoms with van der Waals surface area (Å²) in [5.41, 5.74) is 0. The van der Waals surface area contributed by atoms with Crippen LogP contribution in [0.1, 0.15) is 19.3 Å². The van der Waals surface area contributed by atoms with Gasteiger partial charge in [-0.2, -0.15) is 13.2 Å². The van der Waals surface area contributed by atoms with Crippen LogP contribution in [0.3, 0.4) is 0 Å². The molecule has 0 saturated carbocycles. The molecule has 14 heavy (non-hydrogen) atoms. The van der Waals surface area contributed by atoms with Gasteiger partial charge in [0.25, 0.3) is 0 Å². The van der Waals surface area contributed by atoms with Crippen molar-refractivity contribution in [2.45, 2.75) is 25.4 Å². The van der Waals surface area contributed by atoms with E-state index in [1.54, 1.807) is 0 Å². The van der Waals surface area contributed by atoms with Crippen molar-refractivity contribution in [1.82, 2.24) is 10.2 Å². The molecule has 0 saturated heterocycles. The third-order valence-corrected chi connectivity index (χ3v) is 1.97. The molecule has 5 heteroatoms. The van der Waals surface area contributed by atoms with Crippen LogP contribution >= 0.6 is 0 Å². The molecule has 0 radical (unpaired) electrons. The monoisotopic (exact) mass is 212 g/mol. The Balaban J connectivity index is 3.31. The van der Waals surface area contributed by atoms with Gasteiger partial charge in [0.2, 0.25) is 0 Å². The Labute approximate surface area is 83.5 Å². The van der Waals surface area contributed by atoms with Gasteiger partial charge in [-0.15, -0.1) is 0 Å². The number of nitrogens with one attached hydrogen (secondary N) is 1. The van der Waals surface area contributed by atoms with E-state index < -0.39 is 12.6 Å². The van der Waals surface area contributed by atoms with Crippen LogP contribution in [0.4, 0.5) is 13.2 Å². The molecule has 0 aliphatic rings. The van der Waals surface area contributed by atoms with Crippen LogP contribution in [0.15, 0.2) is 0 Å². The van der Waals surface area contributed by atoms with E-state index in [9.17, 15) is 13.2 Å². The third kappa shape index (κ3) is 9.80. The molecule has 0 aromatic rings. The first-order valence-corrected chi connectivity index (χ1v) is 4.85. The van der Waals surface area contributed by atoms with Crippen LogP contribution in [0, 0.1) is 0 Å². The molecule has 0 amide bonds. The van der Waals surface area contributed by atoms with Crippen LogP contribution in [0.2, 0.25) is 0 Å². The molecule has 2 nitrogen and oxygen atoms in total. The molecular formula is C9H19F3N2. The average Bonchev–Trinajstić information content (AvgIpc) is 2.02. The van der Waals surface area contributed by atoms with E-state index in [-0.39, 0.29) is 6.42 Å². The van der Waals surface area contributed by atoms with Crippen molar-refractivity contribution in [1.29, 1.82) is 0 Å². The van der Waals surface area contributed by atoms with Gasteiger partial charge in [-0.25, -0.2) is 0 Å². The third-order valence-electron chi connectivity index (χ3n) is 1.97. The largest absolute Gasteiger partial charge is 0.389 e. The van der Waals surface area contributed by atoms with Gasteiger partial charge in [-0.3, -0.25) is 0 Å². The Kier molecular flexibility index (Phi) is 6.92. The van der Waals surface area contributed by atoms with Crippen molar-refractivity contribution in [3.05, 3.63) is 0 Å². The van der Waals surface area contributed by atoms with E-state index in [1.807, 2.05) is 19.0 Å². The first kappa shape index (κ1) is 13.7. The number of hydrogen-bond acceptors (Lipinski definition) is 2. The summed E-state index contributed by atoms with van der Waals surface area (Å²) < 4.78 is 35.4. The minimum Gasteiger partial charge on any atom is -0.320 e. The molecule has 86 valence electrons. The molecule has 0 aliphatic heterocycles. The lowest BCUT2D eigenvalue weighted by atomic mass is 10.3. The zero-order chi connectivity index (χ0) is 11.0. The highest BCUT2D eigenvalue weighted by Crippen LogP contribution is 2.21. The summed E-state index contributed by atoms with van der Waals surface area (Å²) in [7, 11) is 3.72. The lowest BCUT2D eigenvalue weighted by molar-refractivity contribution is -0.136. The van der Waals surface area contributed by atoms with Crippen LogP contribution in [-0.2, 0) is 0 Å². The molecule has 0 fully saturated rings. The smallest absolute Gasteiger partial charge is 0.320 e. The molecular weight excluding hydrogens is 193 g/mol. The van der Waals surface area contributed by atoms with Crippen molar-refractivity contribution in [3.63, 3.8) is 0 Å². The Morgan fingerprint density at radius 1 is 1.14 bits per heavy atom. The molecule has 0 bridgehead atoms. The average molecular weight is 212 g/mol. The molecule has 0 aliphatic carbocycles. The summed E-state index contributed by atoms with van der Waals surface area (Å²) >= 11 is 0. The second kappa shape index (κ2) is 7.06. The normalized spacial score (nSPS) is 12.4. The number of hydrogen-bond donors (Lipinski definition) is 1.